The zero-order valence-electron chi connectivity index (χ0n) is 11.6. The molecule has 2 rings (SSSR count). The molecule has 0 amide bonds. The van der Waals surface area contributed by atoms with Crippen LogP contribution in [0.1, 0.15) is 11.1 Å². The Morgan fingerprint density at radius 1 is 1.09 bits per heavy atom. The second-order valence-electron chi connectivity index (χ2n) is 4.70. The minimum atomic E-state index is -4.46. The molecule has 0 spiro atoms. The maximum Gasteiger partial charge on any atom is 0.417 e. The zero-order valence-corrected chi connectivity index (χ0v) is 11.6. The van der Waals surface area contributed by atoms with Crippen LogP contribution in [0.25, 0.3) is 17.2 Å². The second-order valence-corrected chi connectivity index (χ2v) is 4.70. The number of rotatable bonds is 3. The SMILES string of the molecule is Nc1cc(-c2ccccc2C(F)(F)F)cc(/C=C\CO)c1N. The molecule has 0 saturated carbocycles. The van der Waals surface area contributed by atoms with Crippen LogP contribution in [0.5, 0.6) is 0 Å². The maximum atomic E-state index is 13.1. The van der Waals surface area contributed by atoms with Gasteiger partial charge in [0.05, 0.1) is 23.5 Å². The van der Waals surface area contributed by atoms with Gasteiger partial charge in [-0.2, -0.15) is 13.2 Å². The van der Waals surface area contributed by atoms with Gasteiger partial charge in [0.2, 0.25) is 0 Å². The van der Waals surface area contributed by atoms with Crippen molar-refractivity contribution in [2.45, 2.75) is 6.18 Å². The molecule has 116 valence electrons. The highest BCUT2D eigenvalue weighted by molar-refractivity contribution is 5.83. The van der Waals surface area contributed by atoms with Crippen LogP contribution >= 0.6 is 0 Å². The third-order valence-corrected chi connectivity index (χ3v) is 3.19. The summed E-state index contributed by atoms with van der Waals surface area (Å²) in [5.74, 6) is 0. The quantitative estimate of drug-likeness (QED) is 0.759. The van der Waals surface area contributed by atoms with E-state index >= 15 is 0 Å². The topological polar surface area (TPSA) is 72.3 Å². The molecule has 2 aromatic rings. The summed E-state index contributed by atoms with van der Waals surface area (Å²) in [6, 6.07) is 8.19. The Labute approximate surface area is 125 Å². The van der Waals surface area contributed by atoms with Gasteiger partial charge in [0, 0.05) is 0 Å². The molecule has 0 unspecified atom stereocenters. The first-order valence-electron chi connectivity index (χ1n) is 6.47. The molecule has 22 heavy (non-hydrogen) atoms. The molecular formula is C16H15F3N2O. The summed E-state index contributed by atoms with van der Waals surface area (Å²) >= 11 is 0. The Balaban J connectivity index is 2.64. The van der Waals surface area contributed by atoms with E-state index in [4.69, 9.17) is 16.6 Å². The minimum absolute atomic E-state index is 0.0281. The lowest BCUT2D eigenvalue weighted by atomic mass is 9.96. The van der Waals surface area contributed by atoms with Crippen molar-refractivity contribution in [1.82, 2.24) is 0 Å². The van der Waals surface area contributed by atoms with Gasteiger partial charge >= 0.3 is 6.18 Å². The molecule has 0 atom stereocenters. The van der Waals surface area contributed by atoms with E-state index in [0.717, 1.165) is 6.07 Å². The van der Waals surface area contributed by atoms with E-state index in [1.165, 1.54) is 42.5 Å². The lowest BCUT2D eigenvalue weighted by Crippen LogP contribution is -2.07. The van der Waals surface area contributed by atoms with Gasteiger partial charge in [0.1, 0.15) is 0 Å². The molecule has 0 fully saturated rings. The number of benzene rings is 2. The molecular weight excluding hydrogens is 293 g/mol. The van der Waals surface area contributed by atoms with Gasteiger partial charge in [0.15, 0.2) is 0 Å². The van der Waals surface area contributed by atoms with Crippen molar-refractivity contribution in [3.05, 3.63) is 53.6 Å². The molecule has 2 aromatic carbocycles. The van der Waals surface area contributed by atoms with Crippen LogP contribution in [0.15, 0.2) is 42.5 Å². The summed E-state index contributed by atoms with van der Waals surface area (Å²) in [7, 11) is 0. The average Bonchev–Trinajstić information content (AvgIpc) is 2.47. The van der Waals surface area contributed by atoms with E-state index in [1.807, 2.05) is 0 Å². The highest BCUT2D eigenvalue weighted by Gasteiger charge is 2.33. The van der Waals surface area contributed by atoms with Gasteiger partial charge in [0.25, 0.3) is 0 Å². The third-order valence-electron chi connectivity index (χ3n) is 3.19. The highest BCUT2D eigenvalue weighted by atomic mass is 19.4. The lowest BCUT2D eigenvalue weighted by Gasteiger charge is -2.15. The van der Waals surface area contributed by atoms with Gasteiger partial charge in [-0.25, -0.2) is 0 Å². The molecule has 0 heterocycles. The summed E-state index contributed by atoms with van der Waals surface area (Å²) in [6.45, 7) is -0.206. The molecule has 0 saturated heterocycles. The molecule has 0 aliphatic rings. The van der Waals surface area contributed by atoms with Crippen molar-refractivity contribution in [2.24, 2.45) is 0 Å². The molecule has 0 aliphatic carbocycles. The summed E-state index contributed by atoms with van der Waals surface area (Å²) in [5.41, 5.74) is 12.1. The third kappa shape index (κ3) is 3.23. The smallest absolute Gasteiger partial charge is 0.397 e. The standard InChI is InChI=1S/C16H15F3N2O/c17-16(18,19)13-6-2-1-5-12(13)11-8-10(4-3-7-22)15(21)14(20)9-11/h1-6,8-9,22H,7,20-21H2/b4-3-. The lowest BCUT2D eigenvalue weighted by molar-refractivity contribution is -0.137. The monoisotopic (exact) mass is 308 g/mol. The summed E-state index contributed by atoms with van der Waals surface area (Å²) in [6.07, 6.45) is -1.51. The number of alkyl halides is 3. The Hall–Kier alpha value is -2.47. The number of nitrogen functional groups attached to an aromatic ring is 2. The number of nitrogens with two attached hydrogens (primary N) is 2. The normalized spacial score (nSPS) is 12.0. The van der Waals surface area contributed by atoms with E-state index in [2.05, 4.69) is 0 Å². The second kappa shape index (κ2) is 6.11. The van der Waals surface area contributed by atoms with Crippen LogP contribution in [0.3, 0.4) is 0 Å². The van der Waals surface area contributed by atoms with E-state index < -0.39 is 11.7 Å². The van der Waals surface area contributed by atoms with E-state index in [0.29, 0.717) is 11.1 Å². The molecule has 0 bridgehead atoms. The summed E-state index contributed by atoms with van der Waals surface area (Å²) in [4.78, 5) is 0. The van der Waals surface area contributed by atoms with Gasteiger partial charge in [-0.3, -0.25) is 0 Å². The zero-order chi connectivity index (χ0) is 16.3. The minimum Gasteiger partial charge on any atom is -0.397 e. The van der Waals surface area contributed by atoms with Gasteiger partial charge in [-0.15, -0.1) is 0 Å². The van der Waals surface area contributed by atoms with Crippen LogP contribution in [0.2, 0.25) is 0 Å². The first kappa shape index (κ1) is 15.9. The number of hydrogen-bond acceptors (Lipinski definition) is 3. The Morgan fingerprint density at radius 2 is 1.77 bits per heavy atom. The molecule has 3 nitrogen and oxygen atoms in total. The molecule has 6 heteroatoms. The van der Waals surface area contributed by atoms with Crippen LogP contribution in [0.4, 0.5) is 24.5 Å². The van der Waals surface area contributed by atoms with Crippen molar-refractivity contribution >= 4 is 17.5 Å². The Bertz CT molecular complexity index is 709. The van der Waals surface area contributed by atoms with E-state index in [-0.39, 0.29) is 23.5 Å². The van der Waals surface area contributed by atoms with E-state index in [9.17, 15) is 13.2 Å². The van der Waals surface area contributed by atoms with Crippen LogP contribution in [-0.2, 0) is 6.18 Å². The van der Waals surface area contributed by atoms with Crippen molar-refractivity contribution in [1.29, 1.82) is 0 Å². The Kier molecular flexibility index (Phi) is 4.42. The fraction of sp³-hybridized carbons (Fsp3) is 0.125. The Morgan fingerprint density at radius 3 is 2.41 bits per heavy atom. The van der Waals surface area contributed by atoms with Gasteiger partial charge < -0.3 is 16.6 Å². The van der Waals surface area contributed by atoms with Crippen LogP contribution < -0.4 is 11.5 Å². The highest BCUT2D eigenvalue weighted by Crippen LogP contribution is 2.39. The van der Waals surface area contributed by atoms with Crippen molar-refractivity contribution in [3.63, 3.8) is 0 Å². The first-order chi connectivity index (χ1) is 10.3. The number of aliphatic hydroxyl groups is 1. The maximum absolute atomic E-state index is 13.1. The van der Waals surface area contributed by atoms with Crippen molar-refractivity contribution in [2.75, 3.05) is 18.1 Å². The van der Waals surface area contributed by atoms with Crippen LogP contribution in [-0.4, -0.2) is 11.7 Å². The number of anilines is 2. The average molecular weight is 308 g/mol. The molecule has 0 aromatic heterocycles. The molecule has 0 aliphatic heterocycles. The number of aliphatic hydroxyl groups excluding tert-OH is 1. The largest absolute Gasteiger partial charge is 0.417 e. The summed E-state index contributed by atoms with van der Waals surface area (Å²) in [5, 5.41) is 8.82. The predicted octanol–water partition coefficient (Wildman–Crippen LogP) is 3.54. The molecule has 5 N–H and O–H groups in total. The number of hydrogen-bond donors (Lipinski definition) is 3. The van der Waals surface area contributed by atoms with Crippen molar-refractivity contribution in [3.8, 4) is 11.1 Å². The summed E-state index contributed by atoms with van der Waals surface area (Å²) < 4.78 is 39.3. The van der Waals surface area contributed by atoms with Crippen molar-refractivity contribution < 1.29 is 18.3 Å². The number of halogens is 3. The van der Waals surface area contributed by atoms with Gasteiger partial charge in [-0.05, 0) is 34.9 Å². The fourth-order valence-corrected chi connectivity index (χ4v) is 2.15. The first-order valence-corrected chi connectivity index (χ1v) is 6.47. The fourth-order valence-electron chi connectivity index (χ4n) is 2.15. The van der Waals surface area contributed by atoms with E-state index in [1.54, 1.807) is 0 Å². The van der Waals surface area contributed by atoms with Gasteiger partial charge in [-0.1, -0.05) is 30.4 Å². The van der Waals surface area contributed by atoms with Crippen LogP contribution in [0, 0.1) is 0 Å². The molecule has 0 radical (unpaired) electrons. The predicted molar refractivity (Wildman–Crippen MR) is 81.8 cm³/mol.